The Balaban J connectivity index is 2.60. The monoisotopic (exact) mass is 282 g/mol. The standard InChI is InChI=1S/C14H22N2O4/c1-14(2,3)15-12(17)8-16(4)13(18)11-7-6-10(20-11)9-19-5/h6-7H,8-9H2,1-5H3,(H,15,17). The summed E-state index contributed by atoms with van der Waals surface area (Å²) < 4.78 is 10.3. The predicted molar refractivity (Wildman–Crippen MR) is 74.3 cm³/mol. The molecule has 0 aliphatic rings. The molecule has 6 nitrogen and oxygen atoms in total. The summed E-state index contributed by atoms with van der Waals surface area (Å²) in [6.07, 6.45) is 0. The molecule has 0 saturated heterocycles. The number of ether oxygens (including phenoxy) is 1. The minimum Gasteiger partial charge on any atom is -0.453 e. The molecule has 0 radical (unpaired) electrons. The molecule has 0 aliphatic heterocycles. The number of rotatable bonds is 5. The number of amides is 2. The minimum atomic E-state index is -0.337. The summed E-state index contributed by atoms with van der Waals surface area (Å²) in [5.41, 5.74) is -0.322. The van der Waals surface area contributed by atoms with E-state index < -0.39 is 0 Å². The number of furan rings is 1. The van der Waals surface area contributed by atoms with Crippen LogP contribution >= 0.6 is 0 Å². The zero-order valence-electron chi connectivity index (χ0n) is 12.6. The van der Waals surface area contributed by atoms with E-state index in [4.69, 9.17) is 9.15 Å². The van der Waals surface area contributed by atoms with Crippen LogP contribution in [0.3, 0.4) is 0 Å². The van der Waals surface area contributed by atoms with Gasteiger partial charge in [-0.2, -0.15) is 0 Å². The quantitative estimate of drug-likeness (QED) is 0.886. The summed E-state index contributed by atoms with van der Waals surface area (Å²) >= 11 is 0. The second kappa shape index (κ2) is 6.56. The van der Waals surface area contributed by atoms with E-state index in [9.17, 15) is 9.59 Å². The average Bonchev–Trinajstić information content (AvgIpc) is 2.74. The molecule has 2 amide bonds. The number of nitrogens with one attached hydrogen (secondary N) is 1. The Bertz CT molecular complexity index is 474. The van der Waals surface area contributed by atoms with Crippen molar-refractivity contribution in [1.82, 2.24) is 10.2 Å². The lowest BCUT2D eigenvalue weighted by Crippen LogP contribution is -2.46. The Morgan fingerprint density at radius 1 is 1.35 bits per heavy atom. The molecule has 0 spiro atoms. The SMILES string of the molecule is COCc1ccc(C(=O)N(C)CC(=O)NC(C)(C)C)o1. The van der Waals surface area contributed by atoms with Crippen LogP contribution in [0, 0.1) is 0 Å². The Hall–Kier alpha value is -1.82. The summed E-state index contributed by atoms with van der Waals surface area (Å²) in [6.45, 7) is 5.95. The van der Waals surface area contributed by atoms with Gasteiger partial charge in [-0.25, -0.2) is 0 Å². The average molecular weight is 282 g/mol. The Kier molecular flexibility index (Phi) is 5.33. The highest BCUT2D eigenvalue weighted by atomic mass is 16.5. The molecule has 1 rings (SSSR count). The summed E-state index contributed by atoms with van der Waals surface area (Å²) in [5.74, 6) is 0.222. The van der Waals surface area contributed by atoms with Crippen molar-refractivity contribution in [2.75, 3.05) is 20.7 Å². The minimum absolute atomic E-state index is 0.0174. The highest BCUT2D eigenvalue weighted by molar-refractivity contribution is 5.94. The second-order valence-electron chi connectivity index (χ2n) is 5.66. The first kappa shape index (κ1) is 16.2. The number of hydrogen-bond acceptors (Lipinski definition) is 4. The van der Waals surface area contributed by atoms with Crippen molar-refractivity contribution in [2.45, 2.75) is 32.9 Å². The van der Waals surface area contributed by atoms with Gasteiger partial charge in [0, 0.05) is 19.7 Å². The number of hydrogen-bond donors (Lipinski definition) is 1. The Morgan fingerprint density at radius 3 is 2.55 bits per heavy atom. The highest BCUT2D eigenvalue weighted by Crippen LogP contribution is 2.11. The molecule has 20 heavy (non-hydrogen) atoms. The third kappa shape index (κ3) is 5.05. The maximum Gasteiger partial charge on any atom is 0.289 e. The van der Waals surface area contributed by atoms with Crippen molar-refractivity contribution in [3.63, 3.8) is 0 Å². The second-order valence-corrected chi connectivity index (χ2v) is 5.66. The van der Waals surface area contributed by atoms with Crippen LogP contribution in [0.4, 0.5) is 0 Å². The Morgan fingerprint density at radius 2 is 2.00 bits per heavy atom. The fraction of sp³-hybridized carbons (Fsp3) is 0.571. The van der Waals surface area contributed by atoms with Crippen LogP contribution in [0.25, 0.3) is 0 Å². The van der Waals surface area contributed by atoms with Gasteiger partial charge >= 0.3 is 0 Å². The lowest BCUT2D eigenvalue weighted by atomic mass is 10.1. The lowest BCUT2D eigenvalue weighted by Gasteiger charge is -2.23. The van der Waals surface area contributed by atoms with Crippen LogP contribution in [-0.4, -0.2) is 43.0 Å². The molecule has 112 valence electrons. The number of carbonyl (C=O) groups is 2. The van der Waals surface area contributed by atoms with E-state index in [1.807, 2.05) is 20.8 Å². The van der Waals surface area contributed by atoms with E-state index in [1.165, 1.54) is 4.90 Å². The molecule has 1 N–H and O–H groups in total. The van der Waals surface area contributed by atoms with Gasteiger partial charge in [0.15, 0.2) is 5.76 Å². The maximum absolute atomic E-state index is 12.1. The fourth-order valence-electron chi connectivity index (χ4n) is 1.65. The molecular formula is C14H22N2O4. The van der Waals surface area contributed by atoms with Crippen molar-refractivity contribution < 1.29 is 18.7 Å². The van der Waals surface area contributed by atoms with E-state index in [0.29, 0.717) is 12.4 Å². The van der Waals surface area contributed by atoms with Crippen LogP contribution in [-0.2, 0) is 16.1 Å². The molecule has 1 aromatic heterocycles. The van der Waals surface area contributed by atoms with Gasteiger partial charge in [0.2, 0.25) is 5.91 Å². The van der Waals surface area contributed by atoms with E-state index in [-0.39, 0.29) is 29.7 Å². The fourth-order valence-corrected chi connectivity index (χ4v) is 1.65. The molecule has 0 bridgehead atoms. The number of methoxy groups -OCH3 is 1. The summed E-state index contributed by atoms with van der Waals surface area (Å²) in [6, 6.07) is 3.26. The van der Waals surface area contributed by atoms with Crippen molar-refractivity contribution in [3.8, 4) is 0 Å². The summed E-state index contributed by atoms with van der Waals surface area (Å²) in [4.78, 5) is 25.1. The highest BCUT2D eigenvalue weighted by Gasteiger charge is 2.20. The van der Waals surface area contributed by atoms with Crippen LogP contribution in [0.5, 0.6) is 0 Å². The van der Waals surface area contributed by atoms with Gasteiger partial charge in [0.25, 0.3) is 5.91 Å². The van der Waals surface area contributed by atoms with Gasteiger partial charge < -0.3 is 19.4 Å². The molecule has 0 fully saturated rings. The van der Waals surface area contributed by atoms with Crippen LogP contribution < -0.4 is 5.32 Å². The van der Waals surface area contributed by atoms with E-state index in [0.717, 1.165) is 0 Å². The largest absolute Gasteiger partial charge is 0.453 e. The molecule has 1 heterocycles. The zero-order valence-corrected chi connectivity index (χ0v) is 12.6. The van der Waals surface area contributed by atoms with Gasteiger partial charge in [-0.05, 0) is 32.9 Å². The van der Waals surface area contributed by atoms with Crippen molar-refractivity contribution in [2.24, 2.45) is 0 Å². The first-order chi connectivity index (χ1) is 9.23. The third-order valence-electron chi connectivity index (χ3n) is 2.40. The molecule has 0 aromatic carbocycles. The van der Waals surface area contributed by atoms with Crippen LogP contribution in [0.2, 0.25) is 0 Å². The summed E-state index contributed by atoms with van der Waals surface area (Å²) in [7, 11) is 3.11. The van der Waals surface area contributed by atoms with Crippen molar-refractivity contribution in [1.29, 1.82) is 0 Å². The number of nitrogens with zero attached hydrogens (tertiary/aromatic N) is 1. The van der Waals surface area contributed by atoms with Crippen LogP contribution in [0.1, 0.15) is 37.1 Å². The first-order valence-electron chi connectivity index (χ1n) is 6.37. The topological polar surface area (TPSA) is 71.8 Å². The molecule has 0 unspecified atom stereocenters. The molecule has 1 aromatic rings. The number of carbonyl (C=O) groups excluding carboxylic acids is 2. The van der Waals surface area contributed by atoms with Crippen LogP contribution in [0.15, 0.2) is 16.5 Å². The molecule has 0 aliphatic carbocycles. The van der Waals surface area contributed by atoms with Gasteiger partial charge in [0.05, 0.1) is 6.54 Å². The normalized spacial score (nSPS) is 11.2. The molecule has 6 heteroatoms. The molecule has 0 saturated carbocycles. The summed E-state index contributed by atoms with van der Waals surface area (Å²) in [5, 5.41) is 2.80. The van der Waals surface area contributed by atoms with Gasteiger partial charge in [0.1, 0.15) is 12.4 Å². The van der Waals surface area contributed by atoms with Gasteiger partial charge in [-0.3, -0.25) is 9.59 Å². The lowest BCUT2D eigenvalue weighted by molar-refractivity contribution is -0.122. The molecule has 0 atom stereocenters. The first-order valence-corrected chi connectivity index (χ1v) is 6.37. The van der Waals surface area contributed by atoms with E-state index in [2.05, 4.69) is 5.32 Å². The smallest absolute Gasteiger partial charge is 0.289 e. The third-order valence-corrected chi connectivity index (χ3v) is 2.40. The molecular weight excluding hydrogens is 260 g/mol. The maximum atomic E-state index is 12.1. The Labute approximate surface area is 119 Å². The van der Waals surface area contributed by atoms with Crippen molar-refractivity contribution in [3.05, 3.63) is 23.7 Å². The van der Waals surface area contributed by atoms with E-state index >= 15 is 0 Å². The number of likely N-dealkylation sites (N-methyl/N-ethyl adjacent to an activating group) is 1. The predicted octanol–water partition coefficient (Wildman–Crippen LogP) is 1.41. The van der Waals surface area contributed by atoms with Crippen molar-refractivity contribution >= 4 is 11.8 Å². The zero-order chi connectivity index (χ0) is 15.3. The van der Waals surface area contributed by atoms with Gasteiger partial charge in [-0.15, -0.1) is 0 Å². The van der Waals surface area contributed by atoms with E-state index in [1.54, 1.807) is 26.3 Å². The van der Waals surface area contributed by atoms with Gasteiger partial charge in [-0.1, -0.05) is 0 Å².